The Kier molecular flexibility index (Phi) is 4.37. The van der Waals surface area contributed by atoms with Gasteiger partial charge in [-0.25, -0.2) is 0 Å². The smallest absolute Gasteiger partial charge is 0.143 e. The second-order valence-electron chi connectivity index (χ2n) is 3.96. The molecule has 3 heteroatoms. The van der Waals surface area contributed by atoms with Gasteiger partial charge in [0.25, 0.3) is 0 Å². The van der Waals surface area contributed by atoms with E-state index in [0.29, 0.717) is 11.6 Å². The highest BCUT2D eigenvalue weighted by molar-refractivity contribution is 6.31. The van der Waals surface area contributed by atoms with E-state index in [1.54, 1.807) is 6.21 Å². The quantitative estimate of drug-likeness (QED) is 0.596. The van der Waals surface area contributed by atoms with Gasteiger partial charge in [-0.05, 0) is 24.1 Å². The van der Waals surface area contributed by atoms with Gasteiger partial charge < -0.3 is 4.84 Å². The monoisotopic (exact) mass is 259 g/mol. The summed E-state index contributed by atoms with van der Waals surface area (Å²) in [5, 5.41) is 4.65. The molecule has 2 nitrogen and oxygen atoms in total. The molecule has 0 amide bonds. The maximum Gasteiger partial charge on any atom is 0.143 e. The zero-order chi connectivity index (χ0) is 12.8. The van der Waals surface area contributed by atoms with Crippen LogP contribution in [0, 0.1) is 6.92 Å². The summed E-state index contributed by atoms with van der Waals surface area (Å²) in [6.07, 6.45) is 1.71. The van der Waals surface area contributed by atoms with Crippen molar-refractivity contribution in [2.45, 2.75) is 13.5 Å². The first-order chi connectivity index (χ1) is 8.77. The number of oxime groups is 1. The van der Waals surface area contributed by atoms with Gasteiger partial charge in [0.05, 0.1) is 6.21 Å². The Morgan fingerprint density at radius 1 is 1.11 bits per heavy atom. The summed E-state index contributed by atoms with van der Waals surface area (Å²) in [4.78, 5) is 5.24. The van der Waals surface area contributed by atoms with Gasteiger partial charge in [-0.3, -0.25) is 0 Å². The minimum Gasteiger partial charge on any atom is -0.391 e. The molecule has 2 aromatic carbocycles. The molecule has 0 saturated carbocycles. The average molecular weight is 260 g/mol. The fourth-order valence-corrected chi connectivity index (χ4v) is 1.74. The highest BCUT2D eigenvalue weighted by atomic mass is 35.5. The van der Waals surface area contributed by atoms with Crippen molar-refractivity contribution in [3.63, 3.8) is 0 Å². The topological polar surface area (TPSA) is 21.6 Å². The van der Waals surface area contributed by atoms with Crippen LogP contribution < -0.4 is 0 Å². The lowest BCUT2D eigenvalue weighted by Gasteiger charge is -2.02. The van der Waals surface area contributed by atoms with E-state index in [0.717, 1.165) is 11.1 Å². The minimum absolute atomic E-state index is 0.377. The lowest BCUT2D eigenvalue weighted by molar-refractivity contribution is 0.132. The predicted octanol–water partition coefficient (Wildman–Crippen LogP) is 4.20. The van der Waals surface area contributed by atoms with Crippen LogP contribution in [0.15, 0.2) is 53.7 Å². The molecule has 0 aliphatic rings. The van der Waals surface area contributed by atoms with E-state index in [9.17, 15) is 0 Å². The van der Waals surface area contributed by atoms with Crippen molar-refractivity contribution in [3.05, 3.63) is 70.2 Å². The molecule has 0 atom stereocenters. The zero-order valence-corrected chi connectivity index (χ0v) is 10.9. The van der Waals surface area contributed by atoms with Crippen LogP contribution in [0.4, 0.5) is 0 Å². The van der Waals surface area contributed by atoms with Crippen LogP contribution in [0.3, 0.4) is 0 Å². The third kappa shape index (κ3) is 3.34. The summed E-state index contributed by atoms with van der Waals surface area (Å²) < 4.78 is 0. The van der Waals surface area contributed by atoms with E-state index < -0.39 is 0 Å². The fourth-order valence-electron chi connectivity index (χ4n) is 1.55. The summed E-state index contributed by atoms with van der Waals surface area (Å²) >= 11 is 6.01. The Bertz CT molecular complexity index is 552. The first-order valence-corrected chi connectivity index (χ1v) is 6.09. The minimum atomic E-state index is 0.377. The van der Waals surface area contributed by atoms with Gasteiger partial charge in [0, 0.05) is 10.6 Å². The molecule has 0 fully saturated rings. The van der Waals surface area contributed by atoms with E-state index in [2.05, 4.69) is 5.16 Å². The molecule has 0 unspecified atom stereocenters. The van der Waals surface area contributed by atoms with Gasteiger partial charge in [0.1, 0.15) is 6.61 Å². The Morgan fingerprint density at radius 3 is 2.61 bits per heavy atom. The van der Waals surface area contributed by atoms with E-state index in [-0.39, 0.29) is 0 Å². The van der Waals surface area contributed by atoms with Gasteiger partial charge in [0.15, 0.2) is 0 Å². The molecule has 2 rings (SSSR count). The van der Waals surface area contributed by atoms with Crippen molar-refractivity contribution in [1.82, 2.24) is 0 Å². The maximum absolute atomic E-state index is 6.01. The summed E-state index contributed by atoms with van der Waals surface area (Å²) in [6.45, 7) is 2.41. The van der Waals surface area contributed by atoms with E-state index in [4.69, 9.17) is 16.4 Å². The zero-order valence-electron chi connectivity index (χ0n) is 10.1. The van der Waals surface area contributed by atoms with E-state index in [1.165, 1.54) is 5.56 Å². The van der Waals surface area contributed by atoms with Gasteiger partial charge in [0.2, 0.25) is 0 Å². The van der Waals surface area contributed by atoms with Crippen LogP contribution in [0.2, 0.25) is 5.02 Å². The highest BCUT2D eigenvalue weighted by Gasteiger charge is 1.98. The third-order valence-corrected chi connectivity index (χ3v) is 3.00. The Balaban J connectivity index is 1.93. The summed E-state index contributed by atoms with van der Waals surface area (Å²) in [7, 11) is 0. The Hall–Kier alpha value is -1.80. The normalized spacial score (nSPS) is 10.8. The molecule has 0 N–H and O–H groups in total. The van der Waals surface area contributed by atoms with Gasteiger partial charge in [-0.15, -0.1) is 0 Å². The third-order valence-electron chi connectivity index (χ3n) is 2.63. The van der Waals surface area contributed by atoms with Crippen molar-refractivity contribution in [2.24, 2.45) is 5.16 Å². The number of nitrogens with zero attached hydrogens (tertiary/aromatic N) is 1. The fraction of sp³-hybridized carbons (Fsp3) is 0.133. The second-order valence-corrected chi connectivity index (χ2v) is 4.36. The average Bonchev–Trinajstić information content (AvgIpc) is 2.38. The standard InChI is InChI=1S/C15H14ClNO/c1-12-6-2-3-7-13(12)10-17-18-11-14-8-4-5-9-15(14)16/h2-10H,11H2,1H3. The molecule has 0 radical (unpaired) electrons. The molecule has 18 heavy (non-hydrogen) atoms. The van der Waals surface area contributed by atoms with Crippen LogP contribution in [-0.4, -0.2) is 6.21 Å². The van der Waals surface area contributed by atoms with Gasteiger partial charge >= 0.3 is 0 Å². The molecule has 0 aliphatic heterocycles. The second kappa shape index (κ2) is 6.22. The highest BCUT2D eigenvalue weighted by Crippen LogP contribution is 2.15. The molecule has 92 valence electrons. The molecular weight excluding hydrogens is 246 g/mol. The SMILES string of the molecule is Cc1ccccc1C=NOCc1ccccc1Cl. The molecule has 0 heterocycles. The summed E-state index contributed by atoms with van der Waals surface area (Å²) in [5.74, 6) is 0. The number of aryl methyl sites for hydroxylation is 1. The number of halogens is 1. The van der Waals surface area contributed by atoms with E-state index >= 15 is 0 Å². The number of hydrogen-bond donors (Lipinski definition) is 0. The first kappa shape index (κ1) is 12.7. The maximum atomic E-state index is 6.01. The molecule has 0 spiro atoms. The molecular formula is C15H14ClNO. The largest absolute Gasteiger partial charge is 0.391 e. The first-order valence-electron chi connectivity index (χ1n) is 5.72. The van der Waals surface area contributed by atoms with Crippen molar-refractivity contribution >= 4 is 17.8 Å². The lowest BCUT2D eigenvalue weighted by atomic mass is 10.1. The van der Waals surface area contributed by atoms with Crippen LogP contribution in [0.5, 0.6) is 0 Å². The summed E-state index contributed by atoms with van der Waals surface area (Å²) in [6, 6.07) is 15.6. The van der Waals surface area contributed by atoms with Crippen LogP contribution in [-0.2, 0) is 11.4 Å². The van der Waals surface area contributed by atoms with Crippen LogP contribution in [0.25, 0.3) is 0 Å². The molecule has 0 bridgehead atoms. The van der Waals surface area contributed by atoms with Crippen LogP contribution in [0.1, 0.15) is 16.7 Å². The van der Waals surface area contributed by atoms with Crippen molar-refractivity contribution in [3.8, 4) is 0 Å². The lowest BCUT2D eigenvalue weighted by Crippen LogP contribution is -1.90. The van der Waals surface area contributed by atoms with E-state index in [1.807, 2.05) is 55.5 Å². The number of benzene rings is 2. The van der Waals surface area contributed by atoms with Crippen molar-refractivity contribution in [1.29, 1.82) is 0 Å². The number of rotatable bonds is 4. The summed E-state index contributed by atoms with van der Waals surface area (Å²) in [5.41, 5.74) is 3.15. The Morgan fingerprint density at radius 2 is 1.83 bits per heavy atom. The van der Waals surface area contributed by atoms with Gasteiger partial charge in [-0.1, -0.05) is 59.2 Å². The molecule has 0 aliphatic carbocycles. The molecule has 0 aromatic heterocycles. The molecule has 2 aromatic rings. The Labute approximate surface area is 112 Å². The number of hydrogen-bond acceptors (Lipinski definition) is 2. The van der Waals surface area contributed by atoms with Crippen molar-refractivity contribution < 1.29 is 4.84 Å². The predicted molar refractivity (Wildman–Crippen MR) is 75.0 cm³/mol. The van der Waals surface area contributed by atoms with Crippen molar-refractivity contribution in [2.75, 3.05) is 0 Å². The van der Waals surface area contributed by atoms with Gasteiger partial charge in [-0.2, -0.15) is 0 Å². The molecule has 0 saturated heterocycles. The van der Waals surface area contributed by atoms with Crippen LogP contribution >= 0.6 is 11.6 Å².